The minimum absolute atomic E-state index is 0.181. The van der Waals surface area contributed by atoms with Gasteiger partial charge >= 0.3 is 5.97 Å². The van der Waals surface area contributed by atoms with Crippen molar-refractivity contribution in [2.24, 2.45) is 5.92 Å². The van der Waals surface area contributed by atoms with Gasteiger partial charge in [0.05, 0.1) is 5.92 Å². The molecule has 0 spiro atoms. The van der Waals surface area contributed by atoms with Crippen molar-refractivity contribution in [3.8, 4) is 0 Å². The number of amides is 1. The van der Waals surface area contributed by atoms with Crippen LogP contribution < -0.4 is 5.32 Å². The number of carbonyl (C=O) groups is 2. The Labute approximate surface area is 123 Å². The van der Waals surface area contributed by atoms with Crippen LogP contribution in [0.5, 0.6) is 0 Å². The van der Waals surface area contributed by atoms with E-state index in [1.165, 1.54) is 25.1 Å². The SMILES string of the molecule is C[C@H](OC(=O)[C@@H]1CC=CCC1)C(=O)Nc1cccc(F)c1. The van der Waals surface area contributed by atoms with Gasteiger partial charge in [0.25, 0.3) is 5.91 Å². The number of halogens is 1. The predicted octanol–water partition coefficient (Wildman–Crippen LogP) is 3.05. The number of allylic oxidation sites excluding steroid dienone is 2. The van der Waals surface area contributed by atoms with Gasteiger partial charge in [-0.3, -0.25) is 9.59 Å². The third-order valence-corrected chi connectivity index (χ3v) is 3.36. The molecular weight excluding hydrogens is 273 g/mol. The van der Waals surface area contributed by atoms with Crippen LogP contribution in [0.4, 0.5) is 10.1 Å². The van der Waals surface area contributed by atoms with Crippen molar-refractivity contribution < 1.29 is 18.7 Å². The topological polar surface area (TPSA) is 55.4 Å². The maximum atomic E-state index is 13.0. The van der Waals surface area contributed by atoms with Gasteiger partial charge in [-0.25, -0.2) is 4.39 Å². The van der Waals surface area contributed by atoms with E-state index in [4.69, 9.17) is 4.74 Å². The summed E-state index contributed by atoms with van der Waals surface area (Å²) in [6.45, 7) is 1.51. The van der Waals surface area contributed by atoms with E-state index in [9.17, 15) is 14.0 Å². The summed E-state index contributed by atoms with van der Waals surface area (Å²) in [5.41, 5.74) is 0.337. The van der Waals surface area contributed by atoms with Crippen molar-refractivity contribution in [3.05, 3.63) is 42.2 Å². The zero-order chi connectivity index (χ0) is 15.2. The lowest BCUT2D eigenvalue weighted by molar-refractivity contribution is -0.157. The highest BCUT2D eigenvalue weighted by Gasteiger charge is 2.25. The normalized spacial score (nSPS) is 18.9. The highest BCUT2D eigenvalue weighted by Crippen LogP contribution is 2.20. The molecule has 1 N–H and O–H groups in total. The number of ether oxygens (including phenoxy) is 1. The van der Waals surface area contributed by atoms with Gasteiger partial charge in [-0.15, -0.1) is 0 Å². The van der Waals surface area contributed by atoms with Crippen molar-refractivity contribution in [1.82, 2.24) is 0 Å². The minimum atomic E-state index is -0.910. The Kier molecular flexibility index (Phi) is 5.09. The summed E-state index contributed by atoms with van der Waals surface area (Å²) in [5, 5.41) is 2.52. The fourth-order valence-electron chi connectivity index (χ4n) is 2.14. The van der Waals surface area contributed by atoms with Crippen LogP contribution in [0.1, 0.15) is 26.2 Å². The first kappa shape index (κ1) is 15.2. The van der Waals surface area contributed by atoms with Crippen LogP contribution in [0.2, 0.25) is 0 Å². The Hall–Kier alpha value is -2.17. The monoisotopic (exact) mass is 291 g/mol. The molecule has 1 aromatic carbocycles. The molecule has 112 valence electrons. The van der Waals surface area contributed by atoms with E-state index in [0.29, 0.717) is 12.1 Å². The Balaban J connectivity index is 1.87. The van der Waals surface area contributed by atoms with E-state index < -0.39 is 17.8 Å². The maximum Gasteiger partial charge on any atom is 0.310 e. The number of nitrogens with one attached hydrogen (secondary N) is 1. The van der Waals surface area contributed by atoms with Crippen LogP contribution in [0.3, 0.4) is 0 Å². The number of benzene rings is 1. The lowest BCUT2D eigenvalue weighted by Crippen LogP contribution is -2.32. The van der Waals surface area contributed by atoms with E-state index in [1.807, 2.05) is 12.2 Å². The number of carbonyl (C=O) groups excluding carboxylic acids is 2. The molecule has 0 aromatic heterocycles. The zero-order valence-corrected chi connectivity index (χ0v) is 11.8. The summed E-state index contributed by atoms with van der Waals surface area (Å²) in [6.07, 6.45) is 5.32. The molecule has 2 atom stereocenters. The molecular formula is C16H18FNO3. The maximum absolute atomic E-state index is 13.0. The fourth-order valence-corrected chi connectivity index (χ4v) is 2.14. The zero-order valence-electron chi connectivity index (χ0n) is 11.8. The van der Waals surface area contributed by atoms with Gasteiger partial charge in [0.2, 0.25) is 0 Å². The number of hydrogen-bond donors (Lipinski definition) is 1. The summed E-state index contributed by atoms with van der Waals surface area (Å²) in [6, 6.07) is 5.56. The van der Waals surface area contributed by atoms with Crippen LogP contribution in [-0.4, -0.2) is 18.0 Å². The van der Waals surface area contributed by atoms with Crippen LogP contribution in [0.15, 0.2) is 36.4 Å². The molecule has 0 saturated heterocycles. The molecule has 0 unspecified atom stereocenters. The van der Waals surface area contributed by atoms with Crippen molar-refractivity contribution in [3.63, 3.8) is 0 Å². The highest BCUT2D eigenvalue weighted by molar-refractivity contribution is 5.95. The van der Waals surface area contributed by atoms with Crippen LogP contribution in [0.25, 0.3) is 0 Å². The molecule has 2 rings (SSSR count). The van der Waals surface area contributed by atoms with E-state index in [1.54, 1.807) is 6.07 Å². The summed E-state index contributed by atoms with van der Waals surface area (Å²) in [5.74, 6) is -1.45. The quantitative estimate of drug-likeness (QED) is 0.685. The van der Waals surface area contributed by atoms with Gasteiger partial charge in [0, 0.05) is 5.69 Å². The van der Waals surface area contributed by atoms with E-state index in [0.717, 1.165) is 12.8 Å². The largest absolute Gasteiger partial charge is 0.452 e. The second-order valence-corrected chi connectivity index (χ2v) is 5.06. The van der Waals surface area contributed by atoms with Crippen LogP contribution >= 0.6 is 0 Å². The first-order valence-electron chi connectivity index (χ1n) is 6.98. The summed E-state index contributed by atoms with van der Waals surface area (Å²) in [7, 11) is 0. The Morgan fingerprint density at radius 3 is 2.86 bits per heavy atom. The number of anilines is 1. The predicted molar refractivity (Wildman–Crippen MR) is 77.1 cm³/mol. The van der Waals surface area contributed by atoms with Crippen LogP contribution in [-0.2, 0) is 14.3 Å². The standard InChI is InChI=1S/C16H18FNO3/c1-11(21-16(20)12-6-3-2-4-7-12)15(19)18-14-9-5-8-13(17)10-14/h2-3,5,8-12H,4,6-7H2,1H3,(H,18,19)/t11-,12+/m0/s1. The molecule has 5 heteroatoms. The van der Waals surface area contributed by atoms with Crippen molar-refractivity contribution >= 4 is 17.6 Å². The molecule has 1 aliphatic rings. The minimum Gasteiger partial charge on any atom is -0.452 e. The third kappa shape index (κ3) is 4.41. The van der Waals surface area contributed by atoms with Gasteiger partial charge in [-0.05, 0) is 44.4 Å². The number of hydrogen-bond acceptors (Lipinski definition) is 3. The third-order valence-electron chi connectivity index (χ3n) is 3.36. The molecule has 4 nitrogen and oxygen atoms in total. The summed E-state index contributed by atoms with van der Waals surface area (Å²) >= 11 is 0. The molecule has 0 fully saturated rings. The Morgan fingerprint density at radius 2 is 2.19 bits per heavy atom. The van der Waals surface area contributed by atoms with Gasteiger partial charge in [0.15, 0.2) is 6.10 Å². The van der Waals surface area contributed by atoms with Crippen molar-refractivity contribution in [1.29, 1.82) is 0 Å². The first-order valence-corrected chi connectivity index (χ1v) is 6.98. The van der Waals surface area contributed by atoms with Crippen molar-refractivity contribution in [2.45, 2.75) is 32.3 Å². The highest BCUT2D eigenvalue weighted by atomic mass is 19.1. The molecule has 1 aromatic rings. The first-order chi connectivity index (χ1) is 10.1. The average molecular weight is 291 g/mol. The smallest absolute Gasteiger partial charge is 0.310 e. The van der Waals surface area contributed by atoms with Gasteiger partial charge in [-0.2, -0.15) is 0 Å². The van der Waals surface area contributed by atoms with Gasteiger partial charge < -0.3 is 10.1 Å². The number of rotatable bonds is 4. The molecule has 1 aliphatic carbocycles. The number of esters is 1. The van der Waals surface area contributed by atoms with Crippen molar-refractivity contribution in [2.75, 3.05) is 5.32 Å². The second-order valence-electron chi connectivity index (χ2n) is 5.06. The second kappa shape index (κ2) is 7.02. The molecule has 0 aliphatic heterocycles. The molecule has 0 bridgehead atoms. The Morgan fingerprint density at radius 1 is 1.38 bits per heavy atom. The average Bonchev–Trinajstić information content (AvgIpc) is 2.48. The molecule has 21 heavy (non-hydrogen) atoms. The molecule has 0 saturated carbocycles. The van der Waals surface area contributed by atoms with E-state index in [-0.39, 0.29) is 11.9 Å². The lowest BCUT2D eigenvalue weighted by atomic mass is 9.95. The van der Waals surface area contributed by atoms with Gasteiger partial charge in [-0.1, -0.05) is 18.2 Å². The van der Waals surface area contributed by atoms with E-state index in [2.05, 4.69) is 5.32 Å². The molecule has 0 radical (unpaired) electrons. The molecule has 1 amide bonds. The van der Waals surface area contributed by atoms with Crippen LogP contribution in [0, 0.1) is 11.7 Å². The lowest BCUT2D eigenvalue weighted by Gasteiger charge is -2.19. The Bertz CT molecular complexity index is 556. The van der Waals surface area contributed by atoms with Gasteiger partial charge in [0.1, 0.15) is 5.82 Å². The fraction of sp³-hybridized carbons (Fsp3) is 0.375. The van der Waals surface area contributed by atoms with E-state index >= 15 is 0 Å². The molecule has 0 heterocycles. The summed E-state index contributed by atoms with van der Waals surface area (Å²) < 4.78 is 18.2. The summed E-state index contributed by atoms with van der Waals surface area (Å²) in [4.78, 5) is 23.8.